The number of nitrogens with two attached hydrogens (primary N) is 1. The standard InChI is InChI=1S/C10H16N4O2S/c1-5(9(11)14-16)4-12-10(15)8-6(2)13-7(3)17-8/h5,16H,4H2,1-3H3,(H2,11,14)(H,12,15). The zero-order valence-electron chi connectivity index (χ0n) is 10.0. The van der Waals surface area contributed by atoms with E-state index < -0.39 is 0 Å². The quantitative estimate of drug-likeness (QED) is 0.322. The molecule has 7 heteroatoms. The number of hydrogen-bond donors (Lipinski definition) is 3. The second kappa shape index (κ2) is 5.62. The summed E-state index contributed by atoms with van der Waals surface area (Å²) in [5.74, 6) is -0.286. The lowest BCUT2D eigenvalue weighted by Crippen LogP contribution is -2.34. The molecule has 0 fully saturated rings. The zero-order valence-corrected chi connectivity index (χ0v) is 10.8. The van der Waals surface area contributed by atoms with Crippen molar-refractivity contribution in [2.75, 3.05) is 6.54 Å². The minimum Gasteiger partial charge on any atom is -0.409 e. The fourth-order valence-corrected chi connectivity index (χ4v) is 2.11. The Kier molecular flexibility index (Phi) is 4.45. The second-order valence-corrected chi connectivity index (χ2v) is 4.99. The highest BCUT2D eigenvalue weighted by Gasteiger charge is 2.15. The molecule has 1 aromatic heterocycles. The van der Waals surface area contributed by atoms with Gasteiger partial charge in [-0.2, -0.15) is 0 Å². The Labute approximate surface area is 104 Å². The van der Waals surface area contributed by atoms with E-state index in [1.165, 1.54) is 11.3 Å². The third kappa shape index (κ3) is 3.42. The van der Waals surface area contributed by atoms with Crippen molar-refractivity contribution in [3.05, 3.63) is 15.6 Å². The summed E-state index contributed by atoms with van der Waals surface area (Å²) in [6, 6.07) is 0. The molecule has 0 saturated carbocycles. The van der Waals surface area contributed by atoms with Gasteiger partial charge < -0.3 is 16.3 Å². The predicted molar refractivity (Wildman–Crippen MR) is 66.5 cm³/mol. The number of carbonyl (C=O) groups is 1. The van der Waals surface area contributed by atoms with Gasteiger partial charge in [-0.05, 0) is 13.8 Å². The van der Waals surface area contributed by atoms with Crippen molar-refractivity contribution in [2.45, 2.75) is 20.8 Å². The third-order valence-electron chi connectivity index (χ3n) is 2.30. The number of aromatic nitrogens is 1. The topological polar surface area (TPSA) is 101 Å². The number of thiazole rings is 1. The lowest BCUT2D eigenvalue weighted by Gasteiger charge is -2.10. The molecule has 1 heterocycles. The Morgan fingerprint density at radius 2 is 2.29 bits per heavy atom. The maximum absolute atomic E-state index is 11.8. The summed E-state index contributed by atoms with van der Waals surface area (Å²) in [5.41, 5.74) is 6.14. The van der Waals surface area contributed by atoms with E-state index in [1.54, 1.807) is 13.8 Å². The molecule has 0 bridgehead atoms. The van der Waals surface area contributed by atoms with Gasteiger partial charge in [-0.1, -0.05) is 12.1 Å². The molecule has 6 nitrogen and oxygen atoms in total. The Balaban J connectivity index is 2.59. The van der Waals surface area contributed by atoms with Crippen LogP contribution in [0.3, 0.4) is 0 Å². The molecule has 1 rings (SSSR count). The molecular formula is C10H16N4O2S. The van der Waals surface area contributed by atoms with E-state index in [9.17, 15) is 4.79 Å². The van der Waals surface area contributed by atoms with E-state index in [1.807, 2.05) is 6.92 Å². The van der Waals surface area contributed by atoms with E-state index in [4.69, 9.17) is 10.9 Å². The molecule has 1 unspecified atom stereocenters. The SMILES string of the molecule is Cc1nc(C)c(C(=O)NCC(C)C(N)=NO)s1. The first-order valence-corrected chi connectivity index (χ1v) is 5.97. The average Bonchev–Trinajstić information content (AvgIpc) is 2.63. The maximum atomic E-state index is 11.8. The highest BCUT2D eigenvalue weighted by Crippen LogP contribution is 2.16. The van der Waals surface area contributed by atoms with E-state index in [2.05, 4.69) is 15.5 Å². The van der Waals surface area contributed by atoms with Gasteiger partial charge in [0.2, 0.25) is 0 Å². The lowest BCUT2D eigenvalue weighted by molar-refractivity contribution is 0.0954. The number of oxime groups is 1. The van der Waals surface area contributed by atoms with Crippen LogP contribution < -0.4 is 11.1 Å². The van der Waals surface area contributed by atoms with Crippen LogP contribution >= 0.6 is 11.3 Å². The molecule has 1 aromatic rings. The molecule has 0 aliphatic carbocycles. The fourth-order valence-electron chi connectivity index (χ4n) is 1.27. The number of nitrogens with zero attached hydrogens (tertiary/aromatic N) is 2. The Morgan fingerprint density at radius 3 is 2.76 bits per heavy atom. The molecule has 17 heavy (non-hydrogen) atoms. The van der Waals surface area contributed by atoms with Crippen molar-refractivity contribution in [2.24, 2.45) is 16.8 Å². The van der Waals surface area contributed by atoms with Crippen LogP contribution in [0.1, 0.15) is 27.3 Å². The van der Waals surface area contributed by atoms with Gasteiger partial charge >= 0.3 is 0 Å². The van der Waals surface area contributed by atoms with Crippen molar-refractivity contribution in [3.8, 4) is 0 Å². The Bertz CT molecular complexity index is 442. The van der Waals surface area contributed by atoms with Gasteiger partial charge in [0.15, 0.2) is 0 Å². The van der Waals surface area contributed by atoms with Gasteiger partial charge in [0.25, 0.3) is 5.91 Å². The fraction of sp³-hybridized carbons (Fsp3) is 0.500. The lowest BCUT2D eigenvalue weighted by atomic mass is 10.1. The summed E-state index contributed by atoms with van der Waals surface area (Å²) < 4.78 is 0. The minimum atomic E-state index is -0.210. The van der Waals surface area contributed by atoms with Gasteiger partial charge in [0.1, 0.15) is 10.7 Å². The van der Waals surface area contributed by atoms with Gasteiger partial charge in [-0.15, -0.1) is 11.3 Å². The van der Waals surface area contributed by atoms with E-state index >= 15 is 0 Å². The number of amidine groups is 1. The van der Waals surface area contributed by atoms with E-state index in [0.29, 0.717) is 11.4 Å². The van der Waals surface area contributed by atoms with Crippen molar-refractivity contribution >= 4 is 23.1 Å². The highest BCUT2D eigenvalue weighted by molar-refractivity contribution is 7.13. The summed E-state index contributed by atoms with van der Waals surface area (Å²) in [7, 11) is 0. The number of aryl methyl sites for hydroxylation is 2. The highest BCUT2D eigenvalue weighted by atomic mass is 32.1. The number of hydrogen-bond acceptors (Lipinski definition) is 5. The van der Waals surface area contributed by atoms with Crippen LogP contribution in [-0.4, -0.2) is 28.5 Å². The molecule has 1 amide bonds. The molecule has 1 atom stereocenters. The van der Waals surface area contributed by atoms with Gasteiger partial charge in [0, 0.05) is 12.5 Å². The largest absolute Gasteiger partial charge is 0.409 e. The first kappa shape index (κ1) is 13.4. The molecular weight excluding hydrogens is 240 g/mol. The van der Waals surface area contributed by atoms with Crippen molar-refractivity contribution in [1.82, 2.24) is 10.3 Å². The molecule has 0 saturated heterocycles. The van der Waals surface area contributed by atoms with Crippen molar-refractivity contribution in [1.29, 1.82) is 0 Å². The van der Waals surface area contributed by atoms with Gasteiger partial charge in [-0.3, -0.25) is 4.79 Å². The predicted octanol–water partition coefficient (Wildman–Crippen LogP) is 0.872. The number of rotatable bonds is 4. The number of amides is 1. The van der Waals surface area contributed by atoms with Gasteiger partial charge in [0.05, 0.1) is 10.7 Å². The number of carbonyl (C=O) groups excluding carboxylic acids is 1. The molecule has 94 valence electrons. The first-order chi connectivity index (χ1) is 7.95. The molecule has 0 spiro atoms. The van der Waals surface area contributed by atoms with Crippen LogP contribution in [0.25, 0.3) is 0 Å². The monoisotopic (exact) mass is 256 g/mol. The average molecular weight is 256 g/mol. The first-order valence-electron chi connectivity index (χ1n) is 5.15. The Morgan fingerprint density at radius 1 is 1.65 bits per heavy atom. The number of nitrogens with one attached hydrogen (secondary N) is 1. The summed E-state index contributed by atoms with van der Waals surface area (Å²) in [4.78, 5) is 16.6. The summed E-state index contributed by atoms with van der Waals surface area (Å²) in [6.07, 6.45) is 0. The molecule has 0 aliphatic heterocycles. The summed E-state index contributed by atoms with van der Waals surface area (Å²) in [6.45, 7) is 5.74. The van der Waals surface area contributed by atoms with Crippen LogP contribution in [0.5, 0.6) is 0 Å². The normalized spacial score (nSPS) is 13.5. The Hall–Kier alpha value is -1.63. The zero-order chi connectivity index (χ0) is 13.0. The van der Waals surface area contributed by atoms with Crippen LogP contribution in [-0.2, 0) is 0 Å². The van der Waals surface area contributed by atoms with Crippen LogP contribution in [0, 0.1) is 19.8 Å². The van der Waals surface area contributed by atoms with Crippen LogP contribution in [0.15, 0.2) is 5.16 Å². The van der Waals surface area contributed by atoms with E-state index in [-0.39, 0.29) is 17.7 Å². The maximum Gasteiger partial charge on any atom is 0.263 e. The van der Waals surface area contributed by atoms with Crippen LogP contribution in [0.2, 0.25) is 0 Å². The summed E-state index contributed by atoms with van der Waals surface area (Å²) >= 11 is 1.35. The molecule has 0 aromatic carbocycles. The summed E-state index contributed by atoms with van der Waals surface area (Å²) in [5, 5.41) is 15.0. The van der Waals surface area contributed by atoms with Crippen LogP contribution in [0.4, 0.5) is 0 Å². The molecule has 0 aliphatic rings. The molecule has 4 N–H and O–H groups in total. The van der Waals surface area contributed by atoms with Gasteiger partial charge in [-0.25, -0.2) is 4.98 Å². The van der Waals surface area contributed by atoms with E-state index in [0.717, 1.165) is 10.7 Å². The smallest absolute Gasteiger partial charge is 0.263 e. The minimum absolute atomic E-state index is 0.0995. The van der Waals surface area contributed by atoms with Crippen molar-refractivity contribution in [3.63, 3.8) is 0 Å². The second-order valence-electron chi connectivity index (χ2n) is 3.78. The van der Waals surface area contributed by atoms with Crippen molar-refractivity contribution < 1.29 is 10.0 Å². The molecule has 0 radical (unpaired) electrons. The third-order valence-corrected chi connectivity index (χ3v) is 3.37.